The van der Waals surface area contributed by atoms with E-state index in [0.29, 0.717) is 18.4 Å². The highest BCUT2D eigenvalue weighted by Gasteiger charge is 2.41. The van der Waals surface area contributed by atoms with Gasteiger partial charge in [-0.05, 0) is 117 Å². The highest BCUT2D eigenvalue weighted by Crippen LogP contribution is 2.38. The van der Waals surface area contributed by atoms with Gasteiger partial charge in [-0.3, -0.25) is 4.79 Å². The molecule has 1 saturated carbocycles. The number of piperidine rings is 1. The van der Waals surface area contributed by atoms with Crippen LogP contribution in [0.2, 0.25) is 0 Å². The lowest BCUT2D eigenvalue weighted by molar-refractivity contribution is -0.143. The number of hydrogen-bond donors (Lipinski definition) is 0. The largest absolute Gasteiger partial charge is 0.489 e. The van der Waals surface area contributed by atoms with Gasteiger partial charge in [-0.1, -0.05) is 24.3 Å². The highest BCUT2D eigenvalue weighted by atomic mass is 19.4. The summed E-state index contributed by atoms with van der Waals surface area (Å²) >= 11 is 0. The second kappa shape index (κ2) is 13.3. The first-order valence-corrected chi connectivity index (χ1v) is 16.3. The predicted molar refractivity (Wildman–Crippen MR) is 168 cm³/mol. The molecule has 1 aliphatic heterocycles. The number of amides is 1. The Balaban J connectivity index is 1.18. The van der Waals surface area contributed by atoms with Crippen molar-refractivity contribution in [2.75, 3.05) is 26.3 Å². The number of alkyl halides is 3. The second-order valence-electron chi connectivity index (χ2n) is 12.6. The number of carbonyl (C=O) groups is 2. The average Bonchev–Trinajstić information content (AvgIpc) is 3.80. The molecule has 2 fully saturated rings. The van der Waals surface area contributed by atoms with Gasteiger partial charge in [-0.15, -0.1) is 0 Å². The number of esters is 1. The summed E-state index contributed by atoms with van der Waals surface area (Å²) in [6.07, 6.45) is 3.76. The third-order valence-electron chi connectivity index (χ3n) is 9.36. The van der Waals surface area contributed by atoms with Crippen LogP contribution in [0, 0.1) is 12.8 Å². The van der Waals surface area contributed by atoms with Crippen molar-refractivity contribution in [3.05, 3.63) is 82.2 Å². The molecule has 2 heterocycles. The van der Waals surface area contributed by atoms with Crippen LogP contribution in [0.15, 0.2) is 54.2 Å². The molecule has 0 atom stereocenters. The minimum atomic E-state index is -4.81. The molecule has 0 bridgehead atoms. The van der Waals surface area contributed by atoms with Crippen LogP contribution < -0.4 is 4.74 Å². The van der Waals surface area contributed by atoms with E-state index in [2.05, 4.69) is 24.2 Å². The van der Waals surface area contributed by atoms with Gasteiger partial charge in [-0.25, -0.2) is 9.48 Å². The Morgan fingerprint density at radius 3 is 2.46 bits per heavy atom. The van der Waals surface area contributed by atoms with Gasteiger partial charge in [0, 0.05) is 19.0 Å². The van der Waals surface area contributed by atoms with Crippen LogP contribution in [0.4, 0.5) is 13.2 Å². The molecule has 2 aromatic carbocycles. The predicted octanol–water partition coefficient (Wildman–Crippen LogP) is 7.90. The number of aromatic nitrogens is 2. The van der Waals surface area contributed by atoms with E-state index in [1.54, 1.807) is 25.1 Å². The van der Waals surface area contributed by atoms with E-state index in [1.165, 1.54) is 5.56 Å². The molecular formula is C36H40F3N3O4. The Morgan fingerprint density at radius 1 is 1.00 bits per heavy atom. The van der Waals surface area contributed by atoms with E-state index in [4.69, 9.17) is 9.47 Å². The van der Waals surface area contributed by atoms with Crippen molar-refractivity contribution in [3.8, 4) is 11.4 Å². The molecule has 6 rings (SSSR count). The number of allylic oxidation sites excluding steroid dienone is 1. The van der Waals surface area contributed by atoms with Crippen molar-refractivity contribution >= 4 is 17.4 Å². The molecule has 0 radical (unpaired) electrons. The molecule has 3 aliphatic rings. The van der Waals surface area contributed by atoms with Gasteiger partial charge >= 0.3 is 12.1 Å². The molecule has 2 aliphatic carbocycles. The minimum Gasteiger partial charge on any atom is -0.489 e. The van der Waals surface area contributed by atoms with Gasteiger partial charge in [0.15, 0.2) is 5.69 Å². The topological polar surface area (TPSA) is 73.7 Å². The maximum absolute atomic E-state index is 14.1. The van der Waals surface area contributed by atoms with Crippen LogP contribution in [0.3, 0.4) is 0 Å². The molecule has 10 heteroatoms. The first-order valence-electron chi connectivity index (χ1n) is 16.3. The summed E-state index contributed by atoms with van der Waals surface area (Å²) in [6, 6.07) is 13.2. The van der Waals surface area contributed by atoms with E-state index in [-0.39, 0.29) is 18.2 Å². The number of benzene rings is 2. The van der Waals surface area contributed by atoms with Crippen LogP contribution in [0.25, 0.3) is 11.3 Å². The molecule has 244 valence electrons. The lowest BCUT2D eigenvalue weighted by Gasteiger charge is -2.32. The van der Waals surface area contributed by atoms with Gasteiger partial charge < -0.3 is 14.4 Å². The number of likely N-dealkylation sites (tertiary alicyclic amines) is 1. The number of ether oxygens (including phenoxy) is 2. The summed E-state index contributed by atoms with van der Waals surface area (Å²) in [5.41, 5.74) is 3.81. The molecule has 0 unspecified atom stereocenters. The van der Waals surface area contributed by atoms with Crippen molar-refractivity contribution in [1.29, 1.82) is 0 Å². The van der Waals surface area contributed by atoms with Gasteiger partial charge in [0.25, 0.3) is 0 Å². The minimum absolute atomic E-state index is 0.0394. The molecule has 3 aromatic rings. The molecule has 1 saturated heterocycles. The third kappa shape index (κ3) is 6.86. The van der Waals surface area contributed by atoms with Gasteiger partial charge in [0.2, 0.25) is 5.91 Å². The summed E-state index contributed by atoms with van der Waals surface area (Å²) in [6.45, 7) is 5.59. The molecule has 46 heavy (non-hydrogen) atoms. The molecule has 1 amide bonds. The Hall–Kier alpha value is -4.08. The Kier molecular flexibility index (Phi) is 9.25. The lowest BCUT2D eigenvalue weighted by atomic mass is 9.87. The average molecular weight is 636 g/mol. The molecule has 1 aromatic heterocycles. The summed E-state index contributed by atoms with van der Waals surface area (Å²) in [5, 5.41) is 3.95. The van der Waals surface area contributed by atoms with Crippen LogP contribution in [0.1, 0.15) is 97.0 Å². The molecule has 7 nitrogen and oxygen atoms in total. The third-order valence-corrected chi connectivity index (χ3v) is 9.36. The molecular weight excluding hydrogens is 595 g/mol. The quantitative estimate of drug-likeness (QED) is 0.224. The summed E-state index contributed by atoms with van der Waals surface area (Å²) in [4.78, 5) is 26.7. The van der Waals surface area contributed by atoms with E-state index in [0.717, 1.165) is 103 Å². The van der Waals surface area contributed by atoms with Crippen LogP contribution >= 0.6 is 0 Å². The van der Waals surface area contributed by atoms with Crippen LogP contribution in [-0.4, -0.2) is 52.9 Å². The van der Waals surface area contributed by atoms with Crippen molar-refractivity contribution in [2.45, 2.75) is 77.3 Å². The zero-order chi connectivity index (χ0) is 32.4. The van der Waals surface area contributed by atoms with E-state index < -0.39 is 23.4 Å². The maximum atomic E-state index is 14.1. The Morgan fingerprint density at radius 2 is 1.76 bits per heavy atom. The van der Waals surface area contributed by atoms with Gasteiger partial charge in [0.05, 0.1) is 18.5 Å². The SMILES string of the molecule is CCOC(=O)c1cnn(-c2cccc(C3=C(COc4ccc(C5CCN(C(=O)C6CC6)CC5)cc4C)CCCC3)c2)c1C(F)(F)F. The fourth-order valence-electron chi connectivity index (χ4n) is 6.75. The summed E-state index contributed by atoms with van der Waals surface area (Å²) < 4.78 is 54.4. The van der Waals surface area contributed by atoms with Gasteiger partial charge in [-0.2, -0.15) is 18.3 Å². The fraction of sp³-hybridized carbons (Fsp3) is 0.472. The number of carbonyl (C=O) groups excluding carboxylic acids is 2. The number of rotatable bonds is 9. The highest BCUT2D eigenvalue weighted by molar-refractivity contribution is 5.91. The second-order valence-corrected chi connectivity index (χ2v) is 12.6. The number of nitrogens with zero attached hydrogens (tertiary/aromatic N) is 3. The first kappa shape index (κ1) is 31.9. The van der Waals surface area contributed by atoms with E-state index in [9.17, 15) is 22.8 Å². The normalized spacial score (nSPS) is 17.7. The van der Waals surface area contributed by atoms with Crippen LogP contribution in [0.5, 0.6) is 5.75 Å². The summed E-state index contributed by atoms with van der Waals surface area (Å²) in [7, 11) is 0. The van der Waals surface area contributed by atoms with Crippen molar-refractivity contribution in [2.24, 2.45) is 5.92 Å². The zero-order valence-corrected chi connectivity index (χ0v) is 26.4. The molecule has 0 spiro atoms. The number of aryl methyl sites for hydroxylation is 1. The van der Waals surface area contributed by atoms with Crippen molar-refractivity contribution in [1.82, 2.24) is 14.7 Å². The number of halogens is 3. The summed E-state index contributed by atoms with van der Waals surface area (Å²) in [5.74, 6) is 0.785. The smallest absolute Gasteiger partial charge is 0.434 e. The Labute approximate surface area is 267 Å². The van der Waals surface area contributed by atoms with Crippen molar-refractivity contribution < 1.29 is 32.2 Å². The van der Waals surface area contributed by atoms with Crippen molar-refractivity contribution in [3.63, 3.8) is 0 Å². The fourth-order valence-corrected chi connectivity index (χ4v) is 6.75. The Bertz CT molecular complexity index is 1630. The van der Waals surface area contributed by atoms with E-state index in [1.807, 2.05) is 17.0 Å². The maximum Gasteiger partial charge on any atom is 0.434 e. The molecule has 0 N–H and O–H groups in total. The van der Waals surface area contributed by atoms with E-state index >= 15 is 0 Å². The van der Waals surface area contributed by atoms with Crippen LogP contribution in [-0.2, 0) is 15.7 Å². The standard InChI is InChI=1S/C36H40F3N3O4/c1-3-45-35(44)31-21-40-42(33(31)36(37,38)39)29-9-6-8-27(20-29)30-10-5-4-7-28(30)22-46-32-14-13-26(19-23(32)2)24-15-17-41(18-16-24)34(43)25-11-12-25/h6,8-9,13-14,19-21,24-25H,3-5,7,10-12,15-18,22H2,1-2H3. The zero-order valence-electron chi connectivity index (χ0n) is 26.4. The lowest BCUT2D eigenvalue weighted by Crippen LogP contribution is -2.38. The number of hydrogen-bond acceptors (Lipinski definition) is 5. The first-order chi connectivity index (χ1) is 22.1. The van der Waals surface area contributed by atoms with Gasteiger partial charge in [0.1, 0.15) is 17.9 Å². The monoisotopic (exact) mass is 635 g/mol.